The van der Waals surface area contributed by atoms with Crippen LogP contribution in [0.4, 0.5) is 4.79 Å². The molecule has 2 amide bonds. The van der Waals surface area contributed by atoms with Crippen molar-refractivity contribution in [3.8, 4) is 0 Å². The third-order valence-electron chi connectivity index (χ3n) is 2.22. The highest BCUT2D eigenvalue weighted by Gasteiger charge is 2.16. The Hall–Kier alpha value is -1.26. The van der Waals surface area contributed by atoms with Crippen molar-refractivity contribution < 1.29 is 14.3 Å². The fraction of sp³-hybridized carbons (Fsp3) is 0.857. The summed E-state index contributed by atoms with van der Waals surface area (Å²) in [6, 6.07) is 0. The van der Waals surface area contributed by atoms with Crippen LogP contribution in [0.3, 0.4) is 0 Å². The first-order chi connectivity index (χ1) is 8.49. The smallest absolute Gasteiger partial charge is 0.407 e. The molecule has 5 nitrogen and oxygen atoms in total. The molecule has 0 fully saturated rings. The Morgan fingerprint density at radius 3 is 2.00 bits per heavy atom. The predicted octanol–water partition coefficient (Wildman–Crippen LogP) is 2.45. The standard InChI is InChI=1S/C14H28N2O3/c1-13(2,3)8-10-15-11(17)7-9-16-12(18)19-14(4,5)6/h7-10H2,1-6H3,(H,15,17)(H,16,18). The highest BCUT2D eigenvalue weighted by atomic mass is 16.6. The van der Waals surface area contributed by atoms with E-state index in [4.69, 9.17) is 4.74 Å². The molecule has 5 heteroatoms. The Morgan fingerprint density at radius 2 is 1.53 bits per heavy atom. The number of carbonyl (C=O) groups excluding carboxylic acids is 2. The molecule has 0 aromatic heterocycles. The minimum atomic E-state index is -0.515. The molecule has 0 saturated heterocycles. The van der Waals surface area contributed by atoms with Gasteiger partial charge in [-0.05, 0) is 32.6 Å². The van der Waals surface area contributed by atoms with Crippen LogP contribution in [0.2, 0.25) is 0 Å². The minimum Gasteiger partial charge on any atom is -0.444 e. The third-order valence-corrected chi connectivity index (χ3v) is 2.22. The van der Waals surface area contributed by atoms with E-state index in [1.807, 2.05) is 0 Å². The molecule has 0 aromatic carbocycles. The zero-order valence-electron chi connectivity index (χ0n) is 13.1. The zero-order valence-corrected chi connectivity index (χ0v) is 13.1. The Morgan fingerprint density at radius 1 is 0.947 bits per heavy atom. The Bertz CT molecular complexity index is 301. The van der Waals surface area contributed by atoms with E-state index in [1.165, 1.54) is 0 Å². The number of hydrogen-bond acceptors (Lipinski definition) is 3. The molecule has 0 aliphatic heterocycles. The number of rotatable bonds is 5. The van der Waals surface area contributed by atoms with Gasteiger partial charge in [0.1, 0.15) is 5.60 Å². The van der Waals surface area contributed by atoms with E-state index in [-0.39, 0.29) is 24.3 Å². The second-order valence-electron chi connectivity index (χ2n) is 6.84. The summed E-state index contributed by atoms with van der Waals surface area (Å²) in [5.74, 6) is -0.0553. The average molecular weight is 272 g/mol. The van der Waals surface area contributed by atoms with Crippen molar-refractivity contribution in [2.75, 3.05) is 13.1 Å². The van der Waals surface area contributed by atoms with E-state index >= 15 is 0 Å². The van der Waals surface area contributed by atoms with Gasteiger partial charge in [-0.15, -0.1) is 0 Å². The van der Waals surface area contributed by atoms with E-state index in [9.17, 15) is 9.59 Å². The fourth-order valence-electron chi connectivity index (χ4n) is 1.26. The Kier molecular flexibility index (Phi) is 6.87. The summed E-state index contributed by atoms with van der Waals surface area (Å²) in [5.41, 5.74) is -0.304. The van der Waals surface area contributed by atoms with Crippen LogP contribution in [-0.2, 0) is 9.53 Å². The van der Waals surface area contributed by atoms with E-state index in [2.05, 4.69) is 31.4 Å². The van der Waals surface area contributed by atoms with Gasteiger partial charge in [-0.2, -0.15) is 0 Å². The van der Waals surface area contributed by atoms with Crippen molar-refractivity contribution in [1.82, 2.24) is 10.6 Å². The molecule has 2 N–H and O–H groups in total. The molecule has 0 atom stereocenters. The monoisotopic (exact) mass is 272 g/mol. The first-order valence-electron chi connectivity index (χ1n) is 6.73. The first-order valence-corrected chi connectivity index (χ1v) is 6.73. The van der Waals surface area contributed by atoms with Gasteiger partial charge in [0.15, 0.2) is 0 Å². The van der Waals surface area contributed by atoms with Crippen molar-refractivity contribution in [2.24, 2.45) is 5.41 Å². The molecule has 0 aromatic rings. The SMILES string of the molecule is CC(C)(C)CCNC(=O)CCNC(=O)OC(C)(C)C. The maximum absolute atomic E-state index is 11.5. The van der Waals surface area contributed by atoms with Gasteiger partial charge in [0.25, 0.3) is 0 Å². The molecule has 0 bridgehead atoms. The van der Waals surface area contributed by atoms with Crippen molar-refractivity contribution in [3.05, 3.63) is 0 Å². The van der Waals surface area contributed by atoms with Gasteiger partial charge in [-0.1, -0.05) is 20.8 Å². The molecular formula is C14H28N2O3. The third kappa shape index (κ3) is 13.0. The molecule has 0 heterocycles. The summed E-state index contributed by atoms with van der Waals surface area (Å²) in [5, 5.41) is 5.38. The second-order valence-corrected chi connectivity index (χ2v) is 6.84. The van der Waals surface area contributed by atoms with Crippen molar-refractivity contribution in [2.45, 2.75) is 60.0 Å². The zero-order chi connectivity index (χ0) is 15.1. The number of ether oxygens (including phenoxy) is 1. The van der Waals surface area contributed by atoms with Crippen molar-refractivity contribution in [3.63, 3.8) is 0 Å². The van der Waals surface area contributed by atoms with Crippen LogP contribution in [0, 0.1) is 5.41 Å². The van der Waals surface area contributed by atoms with Crippen LogP contribution in [-0.4, -0.2) is 30.7 Å². The summed E-state index contributed by atoms with van der Waals surface area (Å²) in [6.07, 6.45) is 0.705. The van der Waals surface area contributed by atoms with Gasteiger partial charge in [0.05, 0.1) is 0 Å². The van der Waals surface area contributed by atoms with Crippen molar-refractivity contribution in [1.29, 1.82) is 0 Å². The normalized spacial score (nSPS) is 11.9. The molecule has 0 aliphatic carbocycles. The minimum absolute atomic E-state index is 0.0553. The Labute approximate surface area is 116 Å². The van der Waals surface area contributed by atoms with E-state index < -0.39 is 11.7 Å². The van der Waals surface area contributed by atoms with Gasteiger partial charge in [0.2, 0.25) is 5.91 Å². The van der Waals surface area contributed by atoms with E-state index in [0.29, 0.717) is 6.54 Å². The van der Waals surface area contributed by atoms with Crippen LogP contribution in [0.1, 0.15) is 54.4 Å². The summed E-state index contributed by atoms with van der Waals surface area (Å²) < 4.78 is 5.06. The molecule has 112 valence electrons. The predicted molar refractivity (Wildman–Crippen MR) is 75.9 cm³/mol. The van der Waals surface area contributed by atoms with Gasteiger partial charge in [0, 0.05) is 19.5 Å². The topological polar surface area (TPSA) is 67.4 Å². The molecule has 0 radical (unpaired) electrons. The molecule has 0 spiro atoms. The maximum Gasteiger partial charge on any atom is 0.407 e. The lowest BCUT2D eigenvalue weighted by molar-refractivity contribution is -0.121. The largest absolute Gasteiger partial charge is 0.444 e. The quantitative estimate of drug-likeness (QED) is 0.808. The summed E-state index contributed by atoms with van der Waals surface area (Å²) in [6.45, 7) is 12.7. The van der Waals surface area contributed by atoms with Crippen LogP contribution < -0.4 is 10.6 Å². The van der Waals surface area contributed by atoms with Crippen LogP contribution >= 0.6 is 0 Å². The van der Waals surface area contributed by atoms with Gasteiger partial charge in [-0.3, -0.25) is 4.79 Å². The fourth-order valence-corrected chi connectivity index (χ4v) is 1.26. The summed E-state index contributed by atoms with van der Waals surface area (Å²) in [7, 11) is 0. The first kappa shape index (κ1) is 17.7. The lowest BCUT2D eigenvalue weighted by Crippen LogP contribution is -2.35. The summed E-state index contributed by atoms with van der Waals surface area (Å²) in [4.78, 5) is 22.8. The number of nitrogens with one attached hydrogen (secondary N) is 2. The Balaban J connectivity index is 3.67. The molecular weight excluding hydrogens is 244 g/mol. The van der Waals surface area contributed by atoms with Crippen LogP contribution in [0.25, 0.3) is 0 Å². The molecule has 0 saturated carbocycles. The highest BCUT2D eigenvalue weighted by molar-refractivity contribution is 5.76. The average Bonchev–Trinajstić information content (AvgIpc) is 2.12. The number of hydrogen-bond donors (Lipinski definition) is 2. The lowest BCUT2D eigenvalue weighted by atomic mass is 9.92. The second kappa shape index (κ2) is 7.36. The number of alkyl carbamates (subject to hydrolysis) is 1. The highest BCUT2D eigenvalue weighted by Crippen LogP contribution is 2.16. The molecule has 0 rings (SSSR count). The molecule has 0 unspecified atom stereocenters. The van der Waals surface area contributed by atoms with E-state index in [1.54, 1.807) is 20.8 Å². The van der Waals surface area contributed by atoms with Gasteiger partial charge < -0.3 is 15.4 Å². The summed E-state index contributed by atoms with van der Waals surface area (Å²) >= 11 is 0. The van der Waals surface area contributed by atoms with Gasteiger partial charge >= 0.3 is 6.09 Å². The number of carbonyl (C=O) groups is 2. The molecule has 0 aliphatic rings. The number of amides is 2. The lowest BCUT2D eigenvalue weighted by Gasteiger charge is -2.19. The van der Waals surface area contributed by atoms with E-state index in [0.717, 1.165) is 6.42 Å². The van der Waals surface area contributed by atoms with Crippen LogP contribution in [0.5, 0.6) is 0 Å². The van der Waals surface area contributed by atoms with Crippen LogP contribution in [0.15, 0.2) is 0 Å². The maximum atomic E-state index is 11.5. The molecule has 19 heavy (non-hydrogen) atoms. The van der Waals surface area contributed by atoms with Gasteiger partial charge in [-0.25, -0.2) is 4.79 Å². The van der Waals surface area contributed by atoms with Crippen molar-refractivity contribution >= 4 is 12.0 Å².